The number of nitrogens with zero attached hydrogens (tertiary/aromatic N) is 4. The van der Waals surface area contributed by atoms with Gasteiger partial charge in [-0.15, -0.1) is 11.3 Å². The van der Waals surface area contributed by atoms with Crippen LogP contribution in [-0.2, 0) is 12.2 Å². The number of aryl methyl sites for hydroxylation is 1. The van der Waals surface area contributed by atoms with Gasteiger partial charge in [-0.3, -0.25) is 9.88 Å². The summed E-state index contributed by atoms with van der Waals surface area (Å²) in [7, 11) is 0. The lowest BCUT2D eigenvalue weighted by atomic mass is 10.1. The van der Waals surface area contributed by atoms with E-state index in [9.17, 15) is 0 Å². The van der Waals surface area contributed by atoms with Crippen molar-refractivity contribution in [1.82, 2.24) is 20.0 Å². The minimum absolute atomic E-state index is 0.139. The van der Waals surface area contributed by atoms with Crippen LogP contribution in [0.15, 0.2) is 40.5 Å². The summed E-state index contributed by atoms with van der Waals surface area (Å²) < 4.78 is 20.6. The summed E-state index contributed by atoms with van der Waals surface area (Å²) in [6.45, 7) is 3.83. The first-order chi connectivity index (χ1) is 11.6. The summed E-state index contributed by atoms with van der Waals surface area (Å²) in [5.74, 6) is 0.469. The average Bonchev–Trinajstić information content (AvgIpc) is 3.31. The van der Waals surface area contributed by atoms with Crippen LogP contribution in [-0.4, -0.2) is 33.1 Å². The molecule has 124 valence electrons. The highest BCUT2D eigenvalue weighted by molar-refractivity contribution is 7.10. The third-order valence-corrected chi connectivity index (χ3v) is 5.40. The van der Waals surface area contributed by atoms with E-state index in [4.69, 9.17) is 4.52 Å². The lowest BCUT2D eigenvalue weighted by Gasteiger charge is -2.17. The lowest BCUT2D eigenvalue weighted by molar-refractivity contribution is 0.149. The number of hydrogen-bond acceptors (Lipinski definition) is 6. The Morgan fingerprint density at radius 2 is 2.17 bits per heavy atom. The van der Waals surface area contributed by atoms with Crippen LogP contribution in [0.25, 0.3) is 11.5 Å². The third kappa shape index (κ3) is 2.85. The monoisotopic (exact) mass is 344 g/mol. The number of hydrogen-bond donors (Lipinski definition) is 0. The van der Waals surface area contributed by atoms with Crippen molar-refractivity contribution >= 4 is 11.3 Å². The number of likely N-dealkylation sites (tertiary alicyclic amines) is 1. The highest BCUT2D eigenvalue weighted by Gasteiger charge is 2.44. The predicted octanol–water partition coefficient (Wildman–Crippen LogP) is 3.57. The van der Waals surface area contributed by atoms with E-state index in [-0.39, 0.29) is 5.82 Å². The van der Waals surface area contributed by atoms with Gasteiger partial charge in [-0.25, -0.2) is 4.39 Å². The molecule has 24 heavy (non-hydrogen) atoms. The molecule has 1 unspecified atom stereocenters. The Kier molecular flexibility index (Phi) is 3.90. The largest absolute Gasteiger partial charge is 0.334 e. The Balaban J connectivity index is 1.50. The number of rotatable bonds is 4. The number of pyridine rings is 1. The molecule has 0 spiro atoms. The Morgan fingerprint density at radius 1 is 1.33 bits per heavy atom. The molecule has 0 amide bonds. The molecule has 0 radical (unpaired) electrons. The number of halogens is 1. The molecule has 1 fully saturated rings. The molecule has 0 bridgehead atoms. The van der Waals surface area contributed by atoms with Crippen molar-refractivity contribution in [2.75, 3.05) is 13.1 Å². The Bertz CT molecular complexity index is 834. The van der Waals surface area contributed by atoms with E-state index in [2.05, 4.69) is 38.4 Å². The molecule has 0 aliphatic carbocycles. The molecule has 1 aliphatic rings. The van der Waals surface area contributed by atoms with Gasteiger partial charge in [0.25, 0.3) is 5.89 Å². The molecule has 3 aromatic rings. The first kappa shape index (κ1) is 15.4. The van der Waals surface area contributed by atoms with E-state index >= 15 is 4.39 Å². The van der Waals surface area contributed by atoms with Gasteiger partial charge in [-0.05, 0) is 36.1 Å². The zero-order valence-corrected chi connectivity index (χ0v) is 14.1. The average molecular weight is 344 g/mol. The van der Waals surface area contributed by atoms with Crippen LogP contribution < -0.4 is 0 Å². The highest BCUT2D eigenvalue weighted by Crippen LogP contribution is 2.36. The number of thiophene rings is 1. The van der Waals surface area contributed by atoms with E-state index in [1.54, 1.807) is 35.9 Å². The molecule has 4 rings (SSSR count). The molecule has 5 nitrogen and oxygen atoms in total. The van der Waals surface area contributed by atoms with Crippen LogP contribution in [0.2, 0.25) is 0 Å². The maximum absolute atomic E-state index is 15.3. The maximum atomic E-state index is 15.3. The maximum Gasteiger partial charge on any atom is 0.258 e. The minimum atomic E-state index is -1.56. The second kappa shape index (κ2) is 6.07. The van der Waals surface area contributed by atoms with Crippen molar-refractivity contribution in [3.63, 3.8) is 0 Å². The minimum Gasteiger partial charge on any atom is -0.334 e. The normalized spacial score (nSPS) is 21.4. The molecule has 7 heteroatoms. The first-order valence-electron chi connectivity index (χ1n) is 7.83. The molecule has 4 heterocycles. The predicted molar refractivity (Wildman–Crippen MR) is 89.3 cm³/mol. The van der Waals surface area contributed by atoms with Crippen molar-refractivity contribution in [2.24, 2.45) is 0 Å². The second-order valence-electron chi connectivity index (χ2n) is 6.11. The van der Waals surface area contributed by atoms with Crippen LogP contribution in [0, 0.1) is 6.92 Å². The molecule has 1 atom stereocenters. The fourth-order valence-corrected chi connectivity index (χ4v) is 3.90. The highest BCUT2D eigenvalue weighted by atomic mass is 32.1. The molecule has 1 saturated heterocycles. The van der Waals surface area contributed by atoms with Crippen molar-refractivity contribution < 1.29 is 8.91 Å². The van der Waals surface area contributed by atoms with Crippen LogP contribution in [0.4, 0.5) is 4.39 Å². The van der Waals surface area contributed by atoms with Gasteiger partial charge < -0.3 is 4.52 Å². The molecular formula is C17H17FN4OS. The van der Waals surface area contributed by atoms with E-state index in [1.165, 1.54) is 10.4 Å². The first-order valence-corrected chi connectivity index (χ1v) is 8.71. The van der Waals surface area contributed by atoms with Crippen LogP contribution in [0.1, 0.15) is 22.7 Å². The van der Waals surface area contributed by atoms with E-state index in [0.29, 0.717) is 25.4 Å². The van der Waals surface area contributed by atoms with Gasteiger partial charge in [0.2, 0.25) is 5.82 Å². The van der Waals surface area contributed by atoms with Gasteiger partial charge in [-0.1, -0.05) is 5.16 Å². The van der Waals surface area contributed by atoms with Gasteiger partial charge in [-0.2, -0.15) is 4.98 Å². The van der Waals surface area contributed by atoms with Gasteiger partial charge in [0, 0.05) is 48.9 Å². The second-order valence-corrected chi connectivity index (χ2v) is 7.11. The Hall–Kier alpha value is -2.12. The number of aromatic nitrogens is 3. The van der Waals surface area contributed by atoms with Crippen LogP contribution >= 0.6 is 11.3 Å². The molecule has 0 N–H and O–H groups in total. The van der Waals surface area contributed by atoms with Gasteiger partial charge in [0.15, 0.2) is 5.67 Å². The SMILES string of the molecule is Cc1ccsc1CN1CCC(F)(c2noc(-c3ccncc3)n2)C1. The van der Waals surface area contributed by atoms with E-state index in [1.807, 2.05) is 0 Å². The number of alkyl halides is 1. The summed E-state index contributed by atoms with van der Waals surface area (Å²) in [6, 6.07) is 5.63. The van der Waals surface area contributed by atoms with Crippen LogP contribution in [0.5, 0.6) is 0 Å². The topological polar surface area (TPSA) is 55.1 Å². The van der Waals surface area contributed by atoms with Gasteiger partial charge in [0.1, 0.15) is 0 Å². The molecule has 0 saturated carbocycles. The van der Waals surface area contributed by atoms with Crippen molar-refractivity contribution in [2.45, 2.75) is 25.6 Å². The summed E-state index contributed by atoms with van der Waals surface area (Å²) in [4.78, 5) is 11.6. The van der Waals surface area contributed by atoms with Crippen molar-refractivity contribution in [1.29, 1.82) is 0 Å². The zero-order chi connectivity index (χ0) is 16.6. The Labute approximate surface area is 143 Å². The molecule has 1 aliphatic heterocycles. The molecule has 0 aromatic carbocycles. The standard InChI is InChI=1S/C17H17FN4OS/c1-12-4-9-24-14(12)10-22-8-5-17(18,11-22)16-20-15(23-21-16)13-2-6-19-7-3-13/h2-4,6-7,9H,5,8,10-11H2,1H3. The van der Waals surface area contributed by atoms with Crippen molar-refractivity contribution in [3.05, 3.63) is 52.2 Å². The summed E-state index contributed by atoms with van der Waals surface area (Å²) >= 11 is 1.71. The quantitative estimate of drug-likeness (QED) is 0.724. The van der Waals surface area contributed by atoms with E-state index in [0.717, 1.165) is 12.1 Å². The Morgan fingerprint density at radius 3 is 2.92 bits per heavy atom. The van der Waals surface area contributed by atoms with Crippen molar-refractivity contribution in [3.8, 4) is 11.5 Å². The smallest absolute Gasteiger partial charge is 0.258 e. The molecular weight excluding hydrogens is 327 g/mol. The lowest BCUT2D eigenvalue weighted by Crippen LogP contribution is -2.27. The third-order valence-electron chi connectivity index (χ3n) is 4.39. The summed E-state index contributed by atoms with van der Waals surface area (Å²) in [5, 5.41) is 5.96. The summed E-state index contributed by atoms with van der Waals surface area (Å²) in [5.41, 5.74) is 0.451. The fourth-order valence-electron chi connectivity index (χ4n) is 2.95. The molecule has 3 aromatic heterocycles. The van der Waals surface area contributed by atoms with Gasteiger partial charge in [0.05, 0.1) is 0 Å². The fraction of sp³-hybridized carbons (Fsp3) is 0.353. The van der Waals surface area contributed by atoms with Gasteiger partial charge >= 0.3 is 0 Å². The zero-order valence-electron chi connectivity index (χ0n) is 13.3. The summed E-state index contributed by atoms with van der Waals surface area (Å²) in [6.07, 6.45) is 3.67. The van der Waals surface area contributed by atoms with Crippen LogP contribution in [0.3, 0.4) is 0 Å². The van der Waals surface area contributed by atoms with E-state index < -0.39 is 5.67 Å².